The lowest BCUT2D eigenvalue weighted by Crippen LogP contribution is -2.41. The third-order valence-electron chi connectivity index (χ3n) is 8.11. The van der Waals surface area contributed by atoms with Gasteiger partial charge in [-0.1, -0.05) is 37.1 Å². The number of nitrogens with zero attached hydrogens (tertiary/aromatic N) is 4. The van der Waals surface area contributed by atoms with Crippen molar-refractivity contribution < 1.29 is 26.9 Å². The van der Waals surface area contributed by atoms with E-state index in [2.05, 4.69) is 16.5 Å². The van der Waals surface area contributed by atoms with E-state index in [0.717, 1.165) is 37.9 Å². The van der Waals surface area contributed by atoms with Crippen LogP contribution in [0.1, 0.15) is 70.6 Å². The summed E-state index contributed by atoms with van der Waals surface area (Å²) in [7, 11) is -1.28. The van der Waals surface area contributed by atoms with E-state index in [1.54, 1.807) is 32.7 Å². The zero-order valence-electron chi connectivity index (χ0n) is 25.4. The van der Waals surface area contributed by atoms with Crippen molar-refractivity contribution >= 4 is 27.6 Å². The van der Waals surface area contributed by atoms with E-state index in [4.69, 9.17) is 14.3 Å². The molecule has 1 aromatic rings. The van der Waals surface area contributed by atoms with E-state index in [1.165, 1.54) is 31.1 Å². The van der Waals surface area contributed by atoms with Gasteiger partial charge in [-0.15, -0.1) is 0 Å². The summed E-state index contributed by atoms with van der Waals surface area (Å²) in [5, 5.41) is 3.80. The van der Waals surface area contributed by atoms with Gasteiger partial charge < -0.3 is 14.2 Å². The molecular weight excluding hydrogens is 561 g/mol. The number of carbonyl (C=O) groups excluding carboxylic acids is 1. The molecule has 3 heterocycles. The average molecular weight is 602 g/mol. The third-order valence-corrected chi connectivity index (χ3v) is 9.47. The number of amidine groups is 1. The molecule has 0 atom stereocenters. The van der Waals surface area contributed by atoms with Crippen LogP contribution in [0.25, 0.3) is 0 Å². The lowest BCUT2D eigenvalue weighted by Gasteiger charge is -2.32. The number of methoxy groups -OCH3 is 1. The van der Waals surface area contributed by atoms with Gasteiger partial charge in [-0.3, -0.25) is 19.4 Å². The molecule has 2 aliphatic heterocycles. The lowest BCUT2D eigenvalue weighted by atomic mass is 9.98. The van der Waals surface area contributed by atoms with Gasteiger partial charge in [0.2, 0.25) is 0 Å². The van der Waals surface area contributed by atoms with Crippen LogP contribution >= 0.6 is 0 Å². The van der Waals surface area contributed by atoms with Gasteiger partial charge in [-0.05, 0) is 53.0 Å². The summed E-state index contributed by atoms with van der Waals surface area (Å²) >= 11 is 0. The highest BCUT2D eigenvalue weighted by molar-refractivity contribution is 7.96. The van der Waals surface area contributed by atoms with Gasteiger partial charge >= 0.3 is 0 Å². The van der Waals surface area contributed by atoms with E-state index in [1.807, 2.05) is 6.92 Å². The fourth-order valence-electron chi connectivity index (χ4n) is 5.57. The van der Waals surface area contributed by atoms with Gasteiger partial charge in [0.1, 0.15) is 33.6 Å². The Hall–Kier alpha value is -3.67. The Balaban J connectivity index is 1.72. The number of amides is 1. The van der Waals surface area contributed by atoms with Gasteiger partial charge in [0.25, 0.3) is 15.9 Å². The molecule has 228 valence electrons. The lowest BCUT2D eigenvalue weighted by molar-refractivity contribution is -0.130. The molecule has 0 radical (unpaired) electrons. The number of halogens is 1. The van der Waals surface area contributed by atoms with E-state index < -0.39 is 21.4 Å². The first-order valence-electron chi connectivity index (χ1n) is 14.1. The molecule has 1 aromatic heterocycles. The van der Waals surface area contributed by atoms with Crippen LogP contribution in [0.3, 0.4) is 0 Å². The van der Waals surface area contributed by atoms with Gasteiger partial charge in [0.15, 0.2) is 5.82 Å². The van der Waals surface area contributed by atoms with Crippen LogP contribution in [0.2, 0.25) is 0 Å². The fourth-order valence-corrected chi connectivity index (χ4v) is 6.93. The highest BCUT2D eigenvalue weighted by Gasteiger charge is 2.49. The van der Waals surface area contributed by atoms with Crippen LogP contribution in [0.4, 0.5) is 10.2 Å². The number of aryl methyl sites for hydroxylation is 1. The highest BCUT2D eigenvalue weighted by atomic mass is 32.2. The average Bonchev–Trinajstić information content (AvgIpc) is 3.61. The number of carbonyl (C=O) groups is 1. The maximum Gasteiger partial charge on any atom is 0.265 e. The topological polar surface area (TPSA) is 117 Å². The zero-order chi connectivity index (χ0) is 31.0. The molecule has 10 nitrogen and oxygen atoms in total. The summed E-state index contributed by atoms with van der Waals surface area (Å²) in [5.41, 5.74) is 0.972. The number of ether oxygens (including phenoxy) is 1. The van der Waals surface area contributed by atoms with Crippen molar-refractivity contribution in [1.82, 2.24) is 15.0 Å². The van der Waals surface area contributed by atoms with Crippen LogP contribution in [0.15, 0.2) is 67.3 Å². The Labute approximate surface area is 247 Å². The molecule has 0 aromatic carbocycles. The molecule has 1 N–H and O–H groups in total. The Morgan fingerprint density at radius 3 is 2.52 bits per heavy atom. The standard InChI is InChI=1S/C30H40FN5O5S/c1-9-12-26-32-30(13-10-11-14-30)29(37)36(26)17-18(2)15-23(31)20(4)27-25(16-24(40-8)21(5)35(27)7)42(38,39)34-28-19(3)22(6)41-33-28/h15-16H,5,9-14,17H2,1-4,6-8H3,(H,33,34)/b18-15+,23-20-. The van der Waals surface area contributed by atoms with Crippen molar-refractivity contribution in [1.29, 1.82) is 0 Å². The van der Waals surface area contributed by atoms with Gasteiger partial charge in [-0.25, -0.2) is 12.8 Å². The number of rotatable bonds is 10. The van der Waals surface area contributed by atoms with Crippen molar-refractivity contribution in [2.24, 2.45) is 4.99 Å². The van der Waals surface area contributed by atoms with Crippen molar-refractivity contribution in [2.45, 2.75) is 78.7 Å². The molecule has 0 saturated heterocycles. The monoisotopic (exact) mass is 601 g/mol. The van der Waals surface area contributed by atoms with Crippen LogP contribution in [0, 0.1) is 13.8 Å². The van der Waals surface area contributed by atoms with Gasteiger partial charge in [0.05, 0.1) is 18.5 Å². The molecule has 0 unspecified atom stereocenters. The van der Waals surface area contributed by atoms with E-state index in [0.29, 0.717) is 29.0 Å². The molecule has 0 bridgehead atoms. The Bertz CT molecular complexity index is 1560. The molecule has 4 rings (SSSR count). The quantitative estimate of drug-likeness (QED) is 0.338. The van der Waals surface area contributed by atoms with Gasteiger partial charge in [0, 0.05) is 37.2 Å². The van der Waals surface area contributed by atoms with Crippen LogP contribution in [0.5, 0.6) is 0 Å². The van der Waals surface area contributed by atoms with Crippen molar-refractivity contribution in [3.05, 3.63) is 69.1 Å². The Morgan fingerprint density at radius 2 is 1.95 bits per heavy atom. The summed E-state index contributed by atoms with van der Waals surface area (Å²) in [6, 6.07) is 0. The first kappa shape index (κ1) is 31.3. The molecule has 1 spiro atoms. The minimum Gasteiger partial charge on any atom is -0.495 e. The second-order valence-corrected chi connectivity index (χ2v) is 12.8. The number of nitrogens with one attached hydrogen (secondary N) is 1. The number of hydrogen-bond donors (Lipinski definition) is 1. The molecule has 3 aliphatic rings. The maximum absolute atomic E-state index is 16.0. The van der Waals surface area contributed by atoms with Crippen molar-refractivity contribution in [3.8, 4) is 0 Å². The third kappa shape index (κ3) is 5.68. The minimum atomic E-state index is -4.28. The van der Waals surface area contributed by atoms with E-state index in [-0.39, 0.29) is 40.2 Å². The number of likely N-dealkylation sites (N-methyl/N-ethyl adjacent to an activating group) is 1. The van der Waals surface area contributed by atoms with Crippen LogP contribution in [-0.2, 0) is 19.6 Å². The SMILES string of the molecule is C=C1C(OC)=CC(S(=O)(=O)Nc2noc(C)c2C)=C(/C(C)=C(F)/C=C(\C)CN2C(=O)C3(CCCC3)N=C2CCC)N1C. The van der Waals surface area contributed by atoms with Crippen LogP contribution in [-0.4, -0.2) is 61.4 Å². The number of aliphatic imine (C=N–C) groups is 1. The maximum atomic E-state index is 16.0. The number of sulfonamides is 1. The van der Waals surface area contributed by atoms with Crippen molar-refractivity contribution in [3.63, 3.8) is 0 Å². The van der Waals surface area contributed by atoms with Gasteiger partial charge in [-0.2, -0.15) is 0 Å². The summed E-state index contributed by atoms with van der Waals surface area (Å²) in [5.74, 6) is 0.808. The predicted molar refractivity (Wildman–Crippen MR) is 160 cm³/mol. The summed E-state index contributed by atoms with van der Waals surface area (Å²) < 4.78 is 56.2. The Kier molecular flexibility index (Phi) is 8.86. The second-order valence-electron chi connectivity index (χ2n) is 11.1. The molecule has 12 heteroatoms. The number of anilines is 1. The predicted octanol–water partition coefficient (Wildman–Crippen LogP) is 5.78. The van der Waals surface area contributed by atoms with E-state index in [9.17, 15) is 13.2 Å². The largest absolute Gasteiger partial charge is 0.495 e. The number of aromatic nitrogens is 1. The van der Waals surface area contributed by atoms with Crippen LogP contribution < -0.4 is 4.72 Å². The normalized spacial score (nSPS) is 20.0. The molecule has 42 heavy (non-hydrogen) atoms. The molecule has 1 aliphatic carbocycles. The number of hydrogen-bond acceptors (Lipinski definition) is 8. The fraction of sp³-hybridized carbons (Fsp3) is 0.500. The first-order valence-corrected chi connectivity index (χ1v) is 15.6. The summed E-state index contributed by atoms with van der Waals surface area (Å²) in [6.07, 6.45) is 7.59. The molecule has 1 fully saturated rings. The smallest absolute Gasteiger partial charge is 0.265 e. The molecular formula is C30H40FN5O5S. The Morgan fingerprint density at radius 1 is 1.29 bits per heavy atom. The molecule has 1 amide bonds. The number of allylic oxidation sites excluding steroid dienone is 4. The zero-order valence-corrected chi connectivity index (χ0v) is 26.2. The minimum absolute atomic E-state index is 0.0154. The second kappa shape index (κ2) is 11.9. The van der Waals surface area contributed by atoms with Crippen molar-refractivity contribution in [2.75, 3.05) is 25.4 Å². The highest BCUT2D eigenvalue weighted by Crippen LogP contribution is 2.40. The summed E-state index contributed by atoms with van der Waals surface area (Å²) in [4.78, 5) is 21.2. The first-order chi connectivity index (χ1) is 19.8. The summed E-state index contributed by atoms with van der Waals surface area (Å²) in [6.45, 7) is 12.8. The molecule has 1 saturated carbocycles. The van der Waals surface area contributed by atoms with E-state index >= 15 is 4.39 Å².